The SMILES string of the molecule is CC(=O)OC[C@H]1O[C@@H](N2C(=O)N=C3C(=O)N(C)C(=O)N=C32)[C@H](OC(C)=O)[C@@H]1OC(C)=O. The zero-order valence-electron chi connectivity index (χ0n) is 16.9. The Hall–Kier alpha value is -3.68. The molecule has 1 saturated heterocycles. The summed E-state index contributed by atoms with van der Waals surface area (Å²) in [6.45, 7) is 2.92. The van der Waals surface area contributed by atoms with Crippen LogP contribution in [0.3, 0.4) is 0 Å². The van der Waals surface area contributed by atoms with Crippen molar-refractivity contribution in [1.82, 2.24) is 9.80 Å². The Morgan fingerprint density at radius 3 is 2.13 bits per heavy atom. The van der Waals surface area contributed by atoms with Gasteiger partial charge in [0, 0.05) is 27.8 Å². The molecule has 0 aromatic carbocycles. The van der Waals surface area contributed by atoms with Crippen LogP contribution in [0, 0.1) is 0 Å². The first-order chi connectivity index (χ1) is 14.5. The van der Waals surface area contributed by atoms with Crippen LogP contribution in [0.15, 0.2) is 9.98 Å². The molecule has 14 nitrogen and oxygen atoms in total. The van der Waals surface area contributed by atoms with Crippen molar-refractivity contribution in [3.63, 3.8) is 0 Å². The number of carbonyl (C=O) groups excluding carboxylic acids is 6. The lowest BCUT2D eigenvalue weighted by Gasteiger charge is -2.29. The van der Waals surface area contributed by atoms with E-state index < -0.39 is 78.6 Å². The summed E-state index contributed by atoms with van der Waals surface area (Å²) in [5, 5.41) is 0. The third-order valence-electron chi connectivity index (χ3n) is 4.44. The van der Waals surface area contributed by atoms with E-state index in [1.54, 1.807) is 0 Å². The maximum Gasteiger partial charge on any atom is 0.352 e. The van der Waals surface area contributed by atoms with E-state index >= 15 is 0 Å². The highest BCUT2D eigenvalue weighted by atomic mass is 16.7. The zero-order chi connectivity index (χ0) is 23.0. The number of aliphatic imine (C=N–C) groups is 2. The smallest absolute Gasteiger partial charge is 0.352 e. The number of amides is 5. The van der Waals surface area contributed by atoms with Crippen molar-refractivity contribution >= 4 is 47.4 Å². The molecule has 3 aliphatic heterocycles. The summed E-state index contributed by atoms with van der Waals surface area (Å²) < 4.78 is 21.1. The third kappa shape index (κ3) is 4.14. The van der Waals surface area contributed by atoms with E-state index in [4.69, 9.17) is 18.9 Å². The van der Waals surface area contributed by atoms with Crippen molar-refractivity contribution in [3.05, 3.63) is 0 Å². The summed E-state index contributed by atoms with van der Waals surface area (Å²) in [6.07, 6.45) is -5.29. The number of ether oxygens (including phenoxy) is 4. The Kier molecular flexibility index (Phi) is 5.83. The van der Waals surface area contributed by atoms with E-state index in [9.17, 15) is 28.8 Å². The predicted molar refractivity (Wildman–Crippen MR) is 96.7 cm³/mol. The first-order valence-electron chi connectivity index (χ1n) is 8.97. The molecule has 31 heavy (non-hydrogen) atoms. The number of hydrogen-bond acceptors (Lipinski definition) is 10. The molecule has 0 aromatic rings. The molecule has 3 aliphatic rings. The van der Waals surface area contributed by atoms with Crippen LogP contribution in [0.4, 0.5) is 9.59 Å². The van der Waals surface area contributed by atoms with Crippen molar-refractivity contribution in [2.75, 3.05) is 13.7 Å². The lowest BCUT2D eigenvalue weighted by atomic mass is 10.1. The number of esters is 3. The molecule has 0 aromatic heterocycles. The number of rotatable bonds is 5. The molecule has 0 N–H and O–H groups in total. The maximum absolute atomic E-state index is 12.6. The fraction of sp³-hybridized carbons (Fsp3) is 0.529. The molecular formula is C17H18N4O10. The first kappa shape index (κ1) is 22.0. The van der Waals surface area contributed by atoms with Gasteiger partial charge in [-0.1, -0.05) is 0 Å². The van der Waals surface area contributed by atoms with Crippen LogP contribution in [0.25, 0.3) is 0 Å². The molecular weight excluding hydrogens is 420 g/mol. The number of imide groups is 1. The van der Waals surface area contributed by atoms with Crippen molar-refractivity contribution in [2.24, 2.45) is 9.98 Å². The summed E-state index contributed by atoms with van der Waals surface area (Å²) in [7, 11) is 1.17. The van der Waals surface area contributed by atoms with Crippen molar-refractivity contribution in [3.8, 4) is 0 Å². The highest BCUT2D eigenvalue weighted by molar-refractivity contribution is 6.72. The van der Waals surface area contributed by atoms with Gasteiger partial charge in [-0.15, -0.1) is 0 Å². The summed E-state index contributed by atoms with van der Waals surface area (Å²) in [4.78, 5) is 80.1. The van der Waals surface area contributed by atoms with Crippen LogP contribution in [0.1, 0.15) is 20.8 Å². The Bertz CT molecular complexity index is 941. The van der Waals surface area contributed by atoms with Gasteiger partial charge >= 0.3 is 30.0 Å². The molecule has 5 amide bonds. The minimum absolute atomic E-state index is 0.394. The molecule has 3 rings (SSSR count). The van der Waals surface area contributed by atoms with E-state index in [-0.39, 0.29) is 0 Å². The van der Waals surface area contributed by atoms with Crippen molar-refractivity contribution in [1.29, 1.82) is 0 Å². The van der Waals surface area contributed by atoms with Crippen LogP contribution >= 0.6 is 0 Å². The molecule has 0 aliphatic carbocycles. The van der Waals surface area contributed by atoms with Crippen molar-refractivity contribution in [2.45, 2.75) is 45.3 Å². The standard InChI is InChI=1S/C17H18N4O10/c1-6(22)28-5-9-11(29-7(2)23)12(30-8(3)24)15(31-9)21-13-10(18-17(21)27)14(25)20(4)16(26)19-13/h9,11-12,15H,5H2,1-4H3/t9-,11-,12-,15-/m1/s1. The fourth-order valence-corrected chi connectivity index (χ4v) is 3.20. The Balaban J connectivity index is 2.00. The molecule has 0 saturated carbocycles. The topological polar surface area (TPSA) is 171 Å². The van der Waals surface area contributed by atoms with E-state index in [2.05, 4.69) is 9.98 Å². The van der Waals surface area contributed by atoms with Crippen LogP contribution in [-0.4, -0.2) is 95.4 Å². The lowest BCUT2D eigenvalue weighted by molar-refractivity contribution is -0.166. The summed E-state index contributed by atoms with van der Waals surface area (Å²) in [5.74, 6) is -3.47. The second-order valence-corrected chi connectivity index (χ2v) is 6.71. The van der Waals surface area contributed by atoms with Crippen molar-refractivity contribution < 1.29 is 47.7 Å². The number of urea groups is 2. The highest BCUT2D eigenvalue weighted by Crippen LogP contribution is 2.32. The maximum atomic E-state index is 12.6. The van der Waals surface area contributed by atoms with Gasteiger partial charge in [0.25, 0.3) is 5.91 Å². The number of fused-ring (bicyclic) bond motifs is 1. The molecule has 1 fully saturated rings. The summed E-state index contributed by atoms with van der Waals surface area (Å²) in [6, 6.07) is -1.96. The van der Waals surface area contributed by atoms with Gasteiger partial charge in [-0.2, -0.15) is 9.98 Å². The molecule has 0 spiro atoms. The molecule has 14 heteroatoms. The second kappa shape index (κ2) is 8.22. The molecule has 166 valence electrons. The lowest BCUT2D eigenvalue weighted by Crippen LogP contribution is -2.54. The van der Waals surface area contributed by atoms with Gasteiger partial charge in [-0.25, -0.2) is 14.5 Å². The summed E-state index contributed by atoms with van der Waals surface area (Å²) >= 11 is 0. The van der Waals surface area contributed by atoms with E-state index in [0.717, 1.165) is 25.7 Å². The average molecular weight is 438 g/mol. The van der Waals surface area contributed by atoms with Crippen LogP contribution in [0.2, 0.25) is 0 Å². The van der Waals surface area contributed by atoms with Gasteiger partial charge in [-0.05, 0) is 0 Å². The van der Waals surface area contributed by atoms with E-state index in [1.165, 1.54) is 7.05 Å². The van der Waals surface area contributed by atoms with E-state index in [1.807, 2.05) is 0 Å². The molecule has 0 radical (unpaired) electrons. The normalized spacial score (nSPS) is 27.5. The van der Waals surface area contributed by atoms with Gasteiger partial charge in [0.15, 0.2) is 30.0 Å². The molecule has 0 unspecified atom stereocenters. The molecule has 3 heterocycles. The Labute approximate surface area is 174 Å². The molecule has 4 atom stereocenters. The van der Waals surface area contributed by atoms with Gasteiger partial charge in [-0.3, -0.25) is 24.1 Å². The minimum Gasteiger partial charge on any atom is -0.463 e. The minimum atomic E-state index is -1.48. The quantitative estimate of drug-likeness (QED) is 0.383. The average Bonchev–Trinajstić information content (AvgIpc) is 3.15. The first-order valence-corrected chi connectivity index (χ1v) is 8.97. The largest absolute Gasteiger partial charge is 0.463 e. The van der Waals surface area contributed by atoms with E-state index in [0.29, 0.717) is 4.90 Å². The number of hydrogen-bond donors (Lipinski definition) is 0. The number of carbonyl (C=O) groups is 6. The Morgan fingerprint density at radius 1 is 0.935 bits per heavy atom. The van der Waals surface area contributed by atoms with Crippen LogP contribution in [-0.2, 0) is 38.1 Å². The Morgan fingerprint density at radius 2 is 1.55 bits per heavy atom. The number of nitrogens with zero attached hydrogens (tertiary/aromatic N) is 4. The van der Waals surface area contributed by atoms with Gasteiger partial charge in [0.05, 0.1) is 0 Å². The molecule has 0 bridgehead atoms. The second-order valence-electron chi connectivity index (χ2n) is 6.71. The predicted octanol–water partition coefficient (Wildman–Crippen LogP) is -0.995. The van der Waals surface area contributed by atoms with Gasteiger partial charge in [0.1, 0.15) is 12.7 Å². The zero-order valence-corrected chi connectivity index (χ0v) is 16.9. The fourth-order valence-electron chi connectivity index (χ4n) is 3.20. The van der Waals surface area contributed by atoms with Gasteiger partial charge < -0.3 is 18.9 Å². The third-order valence-corrected chi connectivity index (χ3v) is 4.44. The monoisotopic (exact) mass is 438 g/mol. The van der Waals surface area contributed by atoms with Crippen LogP contribution < -0.4 is 0 Å². The summed E-state index contributed by atoms with van der Waals surface area (Å²) in [5.41, 5.74) is -0.398. The highest BCUT2D eigenvalue weighted by Gasteiger charge is 2.57. The van der Waals surface area contributed by atoms with Gasteiger partial charge in [0.2, 0.25) is 0 Å². The van der Waals surface area contributed by atoms with Crippen LogP contribution in [0.5, 0.6) is 0 Å². The number of amidine groups is 1.